The molecule has 0 aromatic heterocycles. The summed E-state index contributed by atoms with van der Waals surface area (Å²) in [6.07, 6.45) is 0. The largest absolute Gasteiger partial charge is 0.398 e. The highest BCUT2D eigenvalue weighted by molar-refractivity contribution is 9.09. The number of hydrogen-bond acceptors (Lipinski definition) is 2. The van der Waals surface area contributed by atoms with E-state index in [-0.39, 0.29) is 4.95 Å². The summed E-state index contributed by atoms with van der Waals surface area (Å²) in [5, 5.41) is 0. The van der Waals surface area contributed by atoms with Crippen molar-refractivity contribution >= 4 is 21.6 Å². The van der Waals surface area contributed by atoms with Crippen LogP contribution in [0.5, 0.6) is 0 Å². The zero-order valence-electron chi connectivity index (χ0n) is 5.42. The molecule has 0 saturated heterocycles. The number of hydrogen-bond donors (Lipinski definition) is 2. The monoisotopic (exact) mass is 200 g/mol. The highest BCUT2D eigenvalue weighted by Gasteiger charge is 2.02. The van der Waals surface area contributed by atoms with Crippen molar-refractivity contribution in [3.8, 4) is 0 Å². The molecule has 2 nitrogen and oxygen atoms in total. The van der Waals surface area contributed by atoms with Gasteiger partial charge in [0.05, 0.1) is 4.95 Å². The molecule has 0 bridgehead atoms. The van der Waals surface area contributed by atoms with Crippen LogP contribution in [0.15, 0.2) is 24.3 Å². The van der Waals surface area contributed by atoms with E-state index in [4.69, 9.17) is 11.5 Å². The highest BCUT2D eigenvalue weighted by atomic mass is 79.9. The molecule has 54 valence electrons. The fraction of sp³-hybridized carbons (Fsp3) is 0.143. The number of benzene rings is 1. The van der Waals surface area contributed by atoms with Gasteiger partial charge in [0.2, 0.25) is 0 Å². The van der Waals surface area contributed by atoms with Gasteiger partial charge in [-0.25, -0.2) is 0 Å². The molecule has 0 fully saturated rings. The SMILES string of the molecule is Nc1ccccc1C(N)Br. The molecule has 0 saturated carbocycles. The van der Waals surface area contributed by atoms with Gasteiger partial charge in [0, 0.05) is 11.3 Å². The maximum Gasteiger partial charge on any atom is 0.0881 e. The zero-order chi connectivity index (χ0) is 7.56. The average molecular weight is 201 g/mol. The number of alkyl halides is 1. The van der Waals surface area contributed by atoms with Crippen molar-refractivity contribution in [2.45, 2.75) is 4.95 Å². The van der Waals surface area contributed by atoms with Crippen LogP contribution < -0.4 is 11.5 Å². The van der Waals surface area contributed by atoms with Gasteiger partial charge in [0.1, 0.15) is 0 Å². The van der Waals surface area contributed by atoms with E-state index in [2.05, 4.69) is 15.9 Å². The standard InChI is InChI=1S/C7H9BrN2/c8-7(10)5-3-1-2-4-6(5)9/h1-4,7H,9-10H2. The van der Waals surface area contributed by atoms with Crippen molar-refractivity contribution in [3.63, 3.8) is 0 Å². The number of nitrogens with two attached hydrogens (primary N) is 2. The third kappa shape index (κ3) is 1.49. The van der Waals surface area contributed by atoms with Gasteiger partial charge in [-0.15, -0.1) is 0 Å². The summed E-state index contributed by atoms with van der Waals surface area (Å²) in [7, 11) is 0. The summed E-state index contributed by atoms with van der Waals surface area (Å²) >= 11 is 3.23. The Labute approximate surface area is 68.3 Å². The lowest BCUT2D eigenvalue weighted by molar-refractivity contribution is 1.06. The van der Waals surface area contributed by atoms with Gasteiger partial charge in [-0.05, 0) is 6.07 Å². The third-order valence-corrected chi connectivity index (χ3v) is 1.79. The lowest BCUT2D eigenvalue weighted by atomic mass is 10.2. The van der Waals surface area contributed by atoms with E-state index in [1.54, 1.807) is 0 Å². The second-order valence-electron chi connectivity index (χ2n) is 2.03. The molecule has 0 spiro atoms. The lowest BCUT2D eigenvalue weighted by Gasteiger charge is -2.05. The molecule has 1 rings (SSSR count). The van der Waals surface area contributed by atoms with Crippen molar-refractivity contribution in [1.29, 1.82) is 0 Å². The molecule has 0 aliphatic heterocycles. The van der Waals surface area contributed by atoms with Gasteiger partial charge in [0.15, 0.2) is 0 Å². The Morgan fingerprint density at radius 1 is 1.30 bits per heavy atom. The lowest BCUT2D eigenvalue weighted by Crippen LogP contribution is -2.04. The molecule has 0 heterocycles. The van der Waals surface area contributed by atoms with Crippen LogP contribution in [-0.2, 0) is 0 Å². The van der Waals surface area contributed by atoms with Crippen LogP contribution in [0.3, 0.4) is 0 Å². The summed E-state index contributed by atoms with van der Waals surface area (Å²) in [6.45, 7) is 0. The number of rotatable bonds is 1. The van der Waals surface area contributed by atoms with Gasteiger partial charge in [-0.3, -0.25) is 0 Å². The first-order chi connectivity index (χ1) is 4.72. The summed E-state index contributed by atoms with van der Waals surface area (Å²) in [5.41, 5.74) is 12.8. The first-order valence-electron chi connectivity index (χ1n) is 2.96. The summed E-state index contributed by atoms with van der Waals surface area (Å²) in [5.74, 6) is 0. The smallest absolute Gasteiger partial charge is 0.0881 e. The summed E-state index contributed by atoms with van der Waals surface area (Å²) in [6, 6.07) is 7.52. The maximum absolute atomic E-state index is 5.61. The van der Waals surface area contributed by atoms with E-state index < -0.39 is 0 Å². The van der Waals surface area contributed by atoms with E-state index in [9.17, 15) is 0 Å². The minimum absolute atomic E-state index is 0.159. The van der Waals surface area contributed by atoms with Gasteiger partial charge in [0.25, 0.3) is 0 Å². The van der Waals surface area contributed by atoms with E-state index in [0.29, 0.717) is 0 Å². The summed E-state index contributed by atoms with van der Waals surface area (Å²) in [4.78, 5) is -0.159. The number of nitrogen functional groups attached to an aromatic ring is 1. The zero-order valence-corrected chi connectivity index (χ0v) is 7.01. The van der Waals surface area contributed by atoms with E-state index in [0.717, 1.165) is 11.3 Å². The van der Waals surface area contributed by atoms with Gasteiger partial charge in [-0.2, -0.15) is 0 Å². The molecule has 1 aromatic rings. The Bertz CT molecular complexity index is 223. The molecule has 3 heteroatoms. The molecular formula is C7H9BrN2. The van der Waals surface area contributed by atoms with E-state index in [1.165, 1.54) is 0 Å². The van der Waals surface area contributed by atoms with Crippen molar-refractivity contribution in [1.82, 2.24) is 0 Å². The Morgan fingerprint density at radius 3 is 2.30 bits per heavy atom. The van der Waals surface area contributed by atoms with Crippen molar-refractivity contribution in [2.24, 2.45) is 5.73 Å². The quantitative estimate of drug-likeness (QED) is 0.412. The molecule has 1 aromatic carbocycles. The van der Waals surface area contributed by atoms with Crippen LogP contribution in [-0.4, -0.2) is 0 Å². The Kier molecular flexibility index (Phi) is 2.29. The Balaban J connectivity index is 3.03. The number of para-hydroxylation sites is 1. The molecule has 1 atom stereocenters. The van der Waals surface area contributed by atoms with Crippen LogP contribution >= 0.6 is 15.9 Å². The maximum atomic E-state index is 5.61. The van der Waals surface area contributed by atoms with Crippen LogP contribution in [0.4, 0.5) is 5.69 Å². The highest BCUT2D eigenvalue weighted by Crippen LogP contribution is 2.21. The molecule has 0 aliphatic rings. The second kappa shape index (κ2) is 3.03. The fourth-order valence-corrected chi connectivity index (χ4v) is 1.18. The predicted octanol–water partition coefficient (Wildman–Crippen LogP) is 1.62. The van der Waals surface area contributed by atoms with Gasteiger partial charge in [-0.1, -0.05) is 34.1 Å². The fourth-order valence-electron chi connectivity index (χ4n) is 0.762. The molecular weight excluding hydrogens is 192 g/mol. The van der Waals surface area contributed by atoms with Crippen molar-refractivity contribution in [3.05, 3.63) is 29.8 Å². The van der Waals surface area contributed by atoms with Crippen molar-refractivity contribution in [2.75, 3.05) is 5.73 Å². The number of anilines is 1. The topological polar surface area (TPSA) is 52.0 Å². The van der Waals surface area contributed by atoms with Crippen LogP contribution in [0.25, 0.3) is 0 Å². The Morgan fingerprint density at radius 2 is 1.90 bits per heavy atom. The predicted molar refractivity (Wildman–Crippen MR) is 46.7 cm³/mol. The van der Waals surface area contributed by atoms with Crippen LogP contribution in [0.1, 0.15) is 10.5 Å². The van der Waals surface area contributed by atoms with Crippen molar-refractivity contribution < 1.29 is 0 Å². The molecule has 0 radical (unpaired) electrons. The first kappa shape index (κ1) is 7.57. The average Bonchev–Trinajstić information content (AvgIpc) is 1.88. The second-order valence-corrected chi connectivity index (χ2v) is 3.02. The summed E-state index contributed by atoms with van der Waals surface area (Å²) < 4.78 is 0. The van der Waals surface area contributed by atoms with Crippen LogP contribution in [0, 0.1) is 0 Å². The molecule has 0 amide bonds. The van der Waals surface area contributed by atoms with Crippen LogP contribution in [0.2, 0.25) is 0 Å². The molecule has 4 N–H and O–H groups in total. The minimum Gasteiger partial charge on any atom is -0.398 e. The number of halogens is 1. The van der Waals surface area contributed by atoms with E-state index >= 15 is 0 Å². The van der Waals surface area contributed by atoms with Gasteiger partial charge < -0.3 is 11.5 Å². The minimum atomic E-state index is -0.159. The Hall–Kier alpha value is -0.540. The molecule has 10 heavy (non-hydrogen) atoms. The first-order valence-corrected chi connectivity index (χ1v) is 3.87. The third-order valence-electron chi connectivity index (χ3n) is 1.29. The van der Waals surface area contributed by atoms with E-state index in [1.807, 2.05) is 24.3 Å². The normalized spacial score (nSPS) is 13.0. The molecule has 0 aliphatic carbocycles. The molecule has 1 unspecified atom stereocenters. The van der Waals surface area contributed by atoms with Gasteiger partial charge >= 0.3 is 0 Å².